The minimum Gasteiger partial charge on any atom is -0.348 e. The Morgan fingerprint density at radius 2 is 1.84 bits per heavy atom. The smallest absolute Gasteiger partial charge is 0.310 e. The molecule has 1 aliphatic heterocycles. The van der Waals surface area contributed by atoms with Gasteiger partial charge in [-0.3, -0.25) is 14.4 Å². The number of fused-ring (bicyclic) bond motifs is 1. The monoisotopic (exact) mass is 346 g/mol. The van der Waals surface area contributed by atoms with Crippen molar-refractivity contribution in [3.8, 4) is 0 Å². The fraction of sp³-hybridized carbons (Fsp3) is 0.500. The van der Waals surface area contributed by atoms with Gasteiger partial charge in [-0.25, -0.2) is 0 Å². The van der Waals surface area contributed by atoms with Crippen molar-refractivity contribution in [3.05, 3.63) is 29.8 Å². The van der Waals surface area contributed by atoms with Crippen molar-refractivity contribution in [1.29, 1.82) is 0 Å². The minimum absolute atomic E-state index is 0.246. The average molecular weight is 346 g/mol. The summed E-state index contributed by atoms with van der Waals surface area (Å²) >= 11 is 0. The summed E-state index contributed by atoms with van der Waals surface area (Å²) in [6, 6.07) is 6.42. The summed E-state index contributed by atoms with van der Waals surface area (Å²) < 4.78 is 0. The number of carbonyl (C=O) groups excluding carboxylic acids is 3. The Balaban J connectivity index is 1.85. The first kappa shape index (κ1) is 18.9. The van der Waals surface area contributed by atoms with E-state index >= 15 is 0 Å². The number of benzene rings is 1. The third-order valence-corrected chi connectivity index (χ3v) is 4.50. The molecule has 0 aliphatic carbocycles. The predicted molar refractivity (Wildman–Crippen MR) is 96.2 cm³/mol. The molecule has 3 amide bonds. The predicted octanol–water partition coefficient (Wildman–Crippen LogP) is 0.668. The van der Waals surface area contributed by atoms with Crippen LogP contribution in [-0.4, -0.2) is 55.8 Å². The highest BCUT2D eigenvalue weighted by atomic mass is 16.2. The van der Waals surface area contributed by atoms with E-state index in [0.717, 1.165) is 31.7 Å². The molecule has 0 saturated heterocycles. The van der Waals surface area contributed by atoms with E-state index in [1.165, 1.54) is 4.90 Å². The van der Waals surface area contributed by atoms with Crippen molar-refractivity contribution < 1.29 is 14.4 Å². The number of hydrogen-bond acceptors (Lipinski definition) is 4. The SMILES string of the molecule is CCN(CC)CCCNC(=O)C(=O)N[C@@H]1C(=O)N(C)c2ccccc21. The molecule has 0 fully saturated rings. The van der Waals surface area contributed by atoms with Gasteiger partial charge in [0.05, 0.1) is 0 Å². The van der Waals surface area contributed by atoms with E-state index in [0.29, 0.717) is 12.1 Å². The zero-order valence-electron chi connectivity index (χ0n) is 15.0. The van der Waals surface area contributed by atoms with Crippen molar-refractivity contribution >= 4 is 23.4 Å². The number of likely N-dealkylation sites (N-methyl/N-ethyl adjacent to an activating group) is 1. The number of para-hydroxylation sites is 1. The molecule has 0 spiro atoms. The van der Waals surface area contributed by atoms with E-state index in [9.17, 15) is 14.4 Å². The van der Waals surface area contributed by atoms with Crippen LogP contribution in [0.3, 0.4) is 0 Å². The summed E-state index contributed by atoms with van der Waals surface area (Å²) in [5.74, 6) is -1.74. The molecule has 0 saturated carbocycles. The molecule has 0 aromatic heterocycles. The normalized spacial score (nSPS) is 16.1. The van der Waals surface area contributed by atoms with Crippen LogP contribution >= 0.6 is 0 Å². The van der Waals surface area contributed by atoms with Crippen LogP contribution in [0, 0.1) is 0 Å². The molecule has 7 nitrogen and oxygen atoms in total. The molecule has 1 aromatic carbocycles. The lowest BCUT2D eigenvalue weighted by Crippen LogP contribution is -2.44. The van der Waals surface area contributed by atoms with Crippen LogP contribution in [0.5, 0.6) is 0 Å². The number of amides is 3. The lowest BCUT2D eigenvalue weighted by Gasteiger charge is -2.17. The van der Waals surface area contributed by atoms with E-state index in [1.54, 1.807) is 19.2 Å². The van der Waals surface area contributed by atoms with Crippen molar-refractivity contribution in [3.63, 3.8) is 0 Å². The molecule has 25 heavy (non-hydrogen) atoms. The second kappa shape index (κ2) is 8.62. The Kier molecular flexibility index (Phi) is 6.52. The van der Waals surface area contributed by atoms with Crippen molar-refractivity contribution in [2.24, 2.45) is 0 Å². The number of carbonyl (C=O) groups is 3. The highest BCUT2D eigenvalue weighted by Crippen LogP contribution is 2.34. The summed E-state index contributed by atoms with van der Waals surface area (Å²) in [6.07, 6.45) is 0.772. The zero-order valence-corrected chi connectivity index (χ0v) is 15.0. The summed E-state index contributed by atoms with van der Waals surface area (Å²) in [6.45, 7) is 7.39. The van der Waals surface area contributed by atoms with Gasteiger partial charge in [0, 0.05) is 24.8 Å². The number of hydrogen-bond donors (Lipinski definition) is 2. The van der Waals surface area contributed by atoms with Crippen molar-refractivity contribution in [2.45, 2.75) is 26.3 Å². The molecule has 1 aromatic rings. The Hall–Kier alpha value is -2.41. The van der Waals surface area contributed by atoms with Crippen molar-refractivity contribution in [2.75, 3.05) is 38.1 Å². The maximum Gasteiger partial charge on any atom is 0.310 e. The second-order valence-electron chi connectivity index (χ2n) is 6.00. The molecule has 0 radical (unpaired) electrons. The maximum atomic E-state index is 12.3. The molecular formula is C18H26N4O3. The largest absolute Gasteiger partial charge is 0.348 e. The van der Waals surface area contributed by atoms with Gasteiger partial charge in [-0.15, -0.1) is 0 Å². The van der Waals surface area contributed by atoms with Gasteiger partial charge >= 0.3 is 11.8 Å². The van der Waals surface area contributed by atoms with Gasteiger partial charge in [-0.1, -0.05) is 32.0 Å². The molecule has 0 unspecified atom stereocenters. The van der Waals surface area contributed by atoms with Crippen molar-refractivity contribution in [1.82, 2.24) is 15.5 Å². The summed E-state index contributed by atoms with van der Waals surface area (Å²) in [5.41, 5.74) is 1.45. The summed E-state index contributed by atoms with van der Waals surface area (Å²) in [7, 11) is 1.65. The Morgan fingerprint density at radius 1 is 1.16 bits per heavy atom. The molecule has 2 rings (SSSR count). The molecule has 136 valence electrons. The minimum atomic E-state index is -0.810. The zero-order chi connectivity index (χ0) is 18.4. The van der Waals surface area contributed by atoms with Crippen LogP contribution in [0.2, 0.25) is 0 Å². The third-order valence-electron chi connectivity index (χ3n) is 4.50. The topological polar surface area (TPSA) is 81.8 Å². The molecule has 1 aliphatic rings. The molecule has 0 bridgehead atoms. The lowest BCUT2D eigenvalue weighted by molar-refractivity contribution is -0.140. The summed E-state index contributed by atoms with van der Waals surface area (Å²) in [4.78, 5) is 40.1. The number of rotatable bonds is 7. The molecule has 7 heteroatoms. The van der Waals surface area contributed by atoms with Crippen LogP contribution in [0.25, 0.3) is 0 Å². The standard InChI is InChI=1S/C18H26N4O3/c1-4-22(5-2)12-8-11-19-16(23)17(24)20-15-13-9-6-7-10-14(13)21(3)18(15)25/h6-7,9-10,15H,4-5,8,11-12H2,1-3H3,(H,19,23)(H,20,24)/t15-/m0/s1. The van der Waals surface area contributed by atoms with Crippen LogP contribution in [-0.2, 0) is 14.4 Å². The van der Waals surface area contributed by atoms with E-state index in [4.69, 9.17) is 0 Å². The Morgan fingerprint density at radius 3 is 2.52 bits per heavy atom. The fourth-order valence-electron chi connectivity index (χ4n) is 2.94. The second-order valence-corrected chi connectivity index (χ2v) is 6.00. The van der Waals surface area contributed by atoms with Gasteiger partial charge in [0.2, 0.25) is 0 Å². The van der Waals surface area contributed by atoms with Gasteiger partial charge in [0.25, 0.3) is 5.91 Å². The van der Waals surface area contributed by atoms with Crippen LogP contribution < -0.4 is 15.5 Å². The maximum absolute atomic E-state index is 12.3. The van der Waals surface area contributed by atoms with Crippen LogP contribution in [0.4, 0.5) is 5.69 Å². The first-order valence-electron chi connectivity index (χ1n) is 8.67. The van der Waals surface area contributed by atoms with E-state index < -0.39 is 17.9 Å². The van der Waals surface area contributed by atoms with E-state index in [1.807, 2.05) is 12.1 Å². The highest BCUT2D eigenvalue weighted by Gasteiger charge is 2.36. The van der Waals surface area contributed by atoms with Gasteiger partial charge < -0.3 is 20.4 Å². The molecule has 2 N–H and O–H groups in total. The highest BCUT2D eigenvalue weighted by molar-refractivity contribution is 6.35. The Labute approximate surface area is 148 Å². The van der Waals surface area contributed by atoms with Gasteiger partial charge in [-0.2, -0.15) is 0 Å². The number of nitrogens with zero attached hydrogens (tertiary/aromatic N) is 2. The van der Waals surface area contributed by atoms with E-state index in [-0.39, 0.29) is 5.91 Å². The Bertz CT molecular complexity index is 643. The fourth-order valence-corrected chi connectivity index (χ4v) is 2.94. The van der Waals surface area contributed by atoms with Gasteiger partial charge in [0.1, 0.15) is 6.04 Å². The number of nitrogens with one attached hydrogen (secondary N) is 2. The quantitative estimate of drug-likeness (QED) is 0.562. The molecule has 1 heterocycles. The first-order chi connectivity index (χ1) is 12.0. The summed E-state index contributed by atoms with van der Waals surface area (Å²) in [5, 5.41) is 5.14. The van der Waals surface area contributed by atoms with Crippen LogP contribution in [0.15, 0.2) is 24.3 Å². The third kappa shape index (κ3) is 4.36. The number of anilines is 1. The van der Waals surface area contributed by atoms with E-state index in [2.05, 4.69) is 29.4 Å². The molecular weight excluding hydrogens is 320 g/mol. The van der Waals surface area contributed by atoms with Gasteiger partial charge in [-0.05, 0) is 32.1 Å². The average Bonchev–Trinajstić information content (AvgIpc) is 2.87. The first-order valence-corrected chi connectivity index (χ1v) is 8.67. The lowest BCUT2D eigenvalue weighted by atomic mass is 10.1. The van der Waals surface area contributed by atoms with Gasteiger partial charge in [0.15, 0.2) is 0 Å². The molecule has 1 atom stereocenters. The van der Waals surface area contributed by atoms with Crippen LogP contribution in [0.1, 0.15) is 31.9 Å².